The molecule has 0 aliphatic rings. The number of alkyl halides is 3. The van der Waals surface area contributed by atoms with Crippen LogP contribution in [0.3, 0.4) is 0 Å². The van der Waals surface area contributed by atoms with Gasteiger partial charge in [-0.05, 0) is 25.0 Å². The van der Waals surface area contributed by atoms with Crippen molar-refractivity contribution in [2.24, 2.45) is 0 Å². The zero-order valence-corrected chi connectivity index (χ0v) is 10.7. The molecule has 1 aromatic rings. The Morgan fingerprint density at radius 2 is 1.89 bits per heavy atom. The van der Waals surface area contributed by atoms with Crippen molar-refractivity contribution in [1.82, 2.24) is 0 Å². The molecule has 6 heteroatoms. The first-order chi connectivity index (χ1) is 8.67. The number of carbonyl (C=O) groups is 1. The van der Waals surface area contributed by atoms with Crippen molar-refractivity contribution in [2.45, 2.75) is 38.5 Å². The molecule has 0 aliphatic heterocycles. The lowest BCUT2D eigenvalue weighted by atomic mass is 10.0. The highest BCUT2D eigenvalue weighted by molar-refractivity contribution is 5.92. The lowest BCUT2D eigenvalue weighted by molar-refractivity contribution is -0.252. The van der Waals surface area contributed by atoms with Gasteiger partial charge in [-0.15, -0.1) is 0 Å². The molecule has 0 saturated heterocycles. The zero-order chi connectivity index (χ0) is 14.7. The number of benzene rings is 1. The molecule has 0 aliphatic carbocycles. The topological polar surface area (TPSA) is 49.3 Å². The molecule has 1 unspecified atom stereocenters. The third kappa shape index (κ3) is 3.96. The zero-order valence-electron chi connectivity index (χ0n) is 10.7. The Morgan fingerprint density at radius 1 is 1.32 bits per heavy atom. The Kier molecular flexibility index (Phi) is 4.57. The molecule has 1 rings (SSSR count). The van der Waals surface area contributed by atoms with E-state index < -0.39 is 24.1 Å². The van der Waals surface area contributed by atoms with Gasteiger partial charge in [-0.2, -0.15) is 13.2 Å². The SMILES string of the molecule is CCc1ccccc1NC(=O)CC(C)(O)C(F)(F)F. The van der Waals surface area contributed by atoms with E-state index in [0.717, 1.165) is 5.56 Å². The predicted octanol–water partition coefficient (Wildman–Crippen LogP) is 2.89. The maximum atomic E-state index is 12.4. The van der Waals surface area contributed by atoms with E-state index in [-0.39, 0.29) is 0 Å². The summed E-state index contributed by atoms with van der Waals surface area (Å²) in [6.45, 7) is 2.45. The van der Waals surface area contributed by atoms with Crippen LogP contribution in [0.4, 0.5) is 18.9 Å². The van der Waals surface area contributed by atoms with Crippen molar-refractivity contribution in [3.05, 3.63) is 29.8 Å². The van der Waals surface area contributed by atoms with E-state index in [1.54, 1.807) is 24.3 Å². The van der Waals surface area contributed by atoms with Crippen molar-refractivity contribution in [3.8, 4) is 0 Å². The minimum absolute atomic E-state index is 0.466. The number of aryl methyl sites for hydroxylation is 1. The summed E-state index contributed by atoms with van der Waals surface area (Å²) in [5.41, 5.74) is -1.74. The van der Waals surface area contributed by atoms with Crippen molar-refractivity contribution in [2.75, 3.05) is 5.32 Å². The molecule has 0 fully saturated rings. The van der Waals surface area contributed by atoms with E-state index in [1.807, 2.05) is 6.92 Å². The number of hydrogen-bond donors (Lipinski definition) is 2. The normalized spacial score (nSPS) is 14.8. The van der Waals surface area contributed by atoms with Crippen LogP contribution >= 0.6 is 0 Å². The fraction of sp³-hybridized carbons (Fsp3) is 0.462. The molecule has 0 aromatic heterocycles. The highest BCUT2D eigenvalue weighted by Gasteiger charge is 2.50. The van der Waals surface area contributed by atoms with Crippen LogP contribution < -0.4 is 5.32 Å². The van der Waals surface area contributed by atoms with E-state index in [1.165, 1.54) is 0 Å². The van der Waals surface area contributed by atoms with Gasteiger partial charge in [0, 0.05) is 5.69 Å². The second-order valence-corrected chi connectivity index (χ2v) is 4.51. The highest BCUT2D eigenvalue weighted by atomic mass is 19.4. The van der Waals surface area contributed by atoms with E-state index >= 15 is 0 Å². The number of hydrogen-bond acceptors (Lipinski definition) is 2. The first kappa shape index (κ1) is 15.5. The quantitative estimate of drug-likeness (QED) is 0.887. The number of carbonyl (C=O) groups excluding carboxylic acids is 1. The van der Waals surface area contributed by atoms with Gasteiger partial charge in [0.1, 0.15) is 0 Å². The smallest absolute Gasteiger partial charge is 0.380 e. The minimum atomic E-state index is -4.84. The van der Waals surface area contributed by atoms with Gasteiger partial charge in [0.25, 0.3) is 0 Å². The van der Waals surface area contributed by atoms with E-state index in [0.29, 0.717) is 19.0 Å². The van der Waals surface area contributed by atoms with E-state index in [4.69, 9.17) is 0 Å². The molecule has 0 heterocycles. The van der Waals surface area contributed by atoms with Gasteiger partial charge < -0.3 is 10.4 Å². The van der Waals surface area contributed by atoms with Crippen LogP contribution in [0.5, 0.6) is 0 Å². The molecule has 0 saturated carbocycles. The fourth-order valence-corrected chi connectivity index (χ4v) is 1.56. The standard InChI is InChI=1S/C13H16F3NO2/c1-3-9-6-4-5-7-10(9)17-11(18)8-12(2,19)13(14,15)16/h4-7,19H,3,8H2,1-2H3,(H,17,18). The van der Waals surface area contributed by atoms with Gasteiger partial charge in [-0.25, -0.2) is 0 Å². The molecule has 1 atom stereocenters. The Labute approximate surface area is 109 Å². The van der Waals surface area contributed by atoms with Gasteiger partial charge in [0.2, 0.25) is 5.91 Å². The molecule has 3 nitrogen and oxygen atoms in total. The lowest BCUT2D eigenvalue weighted by Gasteiger charge is -2.25. The van der Waals surface area contributed by atoms with Gasteiger partial charge in [-0.1, -0.05) is 25.1 Å². The average molecular weight is 275 g/mol. The average Bonchev–Trinajstić information content (AvgIpc) is 2.27. The van der Waals surface area contributed by atoms with Gasteiger partial charge in [-0.3, -0.25) is 4.79 Å². The number of anilines is 1. The van der Waals surface area contributed by atoms with Gasteiger partial charge in [0.05, 0.1) is 6.42 Å². The third-order valence-electron chi connectivity index (χ3n) is 2.79. The summed E-state index contributed by atoms with van der Waals surface area (Å²) in [7, 11) is 0. The Morgan fingerprint density at radius 3 is 2.42 bits per heavy atom. The molecular weight excluding hydrogens is 259 g/mol. The summed E-state index contributed by atoms with van der Waals surface area (Å²) in [5, 5.41) is 11.6. The molecule has 106 valence electrons. The van der Waals surface area contributed by atoms with E-state index in [2.05, 4.69) is 5.32 Å². The van der Waals surface area contributed by atoms with Crippen LogP contribution in [0.25, 0.3) is 0 Å². The molecule has 19 heavy (non-hydrogen) atoms. The maximum absolute atomic E-state index is 12.4. The molecule has 0 bridgehead atoms. The molecule has 2 N–H and O–H groups in total. The van der Waals surface area contributed by atoms with Crippen molar-refractivity contribution >= 4 is 11.6 Å². The number of para-hydroxylation sites is 1. The third-order valence-corrected chi connectivity index (χ3v) is 2.79. The number of aliphatic hydroxyl groups is 1. The second-order valence-electron chi connectivity index (χ2n) is 4.51. The number of rotatable bonds is 4. The van der Waals surface area contributed by atoms with Crippen molar-refractivity contribution in [3.63, 3.8) is 0 Å². The molecular formula is C13H16F3NO2. The number of halogens is 3. The van der Waals surface area contributed by atoms with Crippen LogP contribution in [0.15, 0.2) is 24.3 Å². The molecule has 1 aromatic carbocycles. The van der Waals surface area contributed by atoms with Gasteiger partial charge >= 0.3 is 6.18 Å². The summed E-state index contributed by atoms with van der Waals surface area (Å²) in [6, 6.07) is 6.84. The van der Waals surface area contributed by atoms with Crippen LogP contribution in [0.1, 0.15) is 25.8 Å². The largest absolute Gasteiger partial charge is 0.417 e. The Balaban J connectivity index is 2.76. The summed E-state index contributed by atoms with van der Waals surface area (Å²) in [6.07, 6.45) is -5.23. The van der Waals surface area contributed by atoms with Crippen LogP contribution in [0.2, 0.25) is 0 Å². The van der Waals surface area contributed by atoms with Crippen LogP contribution in [-0.4, -0.2) is 22.8 Å². The maximum Gasteiger partial charge on any atom is 0.417 e. The van der Waals surface area contributed by atoms with Crippen molar-refractivity contribution in [1.29, 1.82) is 0 Å². The number of amides is 1. The first-order valence-corrected chi connectivity index (χ1v) is 5.84. The monoisotopic (exact) mass is 275 g/mol. The number of nitrogens with one attached hydrogen (secondary N) is 1. The summed E-state index contributed by atoms with van der Waals surface area (Å²) >= 11 is 0. The summed E-state index contributed by atoms with van der Waals surface area (Å²) < 4.78 is 37.3. The lowest BCUT2D eigenvalue weighted by Crippen LogP contribution is -2.44. The minimum Gasteiger partial charge on any atom is -0.380 e. The molecule has 1 amide bonds. The molecule has 0 spiro atoms. The Hall–Kier alpha value is -1.56. The summed E-state index contributed by atoms with van der Waals surface area (Å²) in [5.74, 6) is -0.872. The van der Waals surface area contributed by atoms with Crippen molar-refractivity contribution < 1.29 is 23.1 Å². The molecule has 0 radical (unpaired) electrons. The summed E-state index contributed by atoms with van der Waals surface area (Å²) in [4.78, 5) is 11.6. The fourth-order valence-electron chi connectivity index (χ4n) is 1.56. The van der Waals surface area contributed by atoms with Crippen LogP contribution in [0, 0.1) is 0 Å². The van der Waals surface area contributed by atoms with Crippen LogP contribution in [-0.2, 0) is 11.2 Å². The van der Waals surface area contributed by atoms with Gasteiger partial charge in [0.15, 0.2) is 5.60 Å². The van der Waals surface area contributed by atoms with E-state index in [9.17, 15) is 23.1 Å². The second kappa shape index (κ2) is 5.61. The Bertz CT molecular complexity index is 455. The first-order valence-electron chi connectivity index (χ1n) is 5.84. The predicted molar refractivity (Wildman–Crippen MR) is 65.7 cm³/mol. The highest BCUT2D eigenvalue weighted by Crippen LogP contribution is 2.32.